The molecule has 3 atom stereocenters. The number of hydrogen-bond donors (Lipinski definition) is 1. The number of aliphatic hydroxyl groups excluding tert-OH is 1. The maximum absolute atomic E-state index is 10.8. The number of nitrogens with zero attached hydrogens (tertiary/aromatic N) is 1. The van der Waals surface area contributed by atoms with Crippen molar-refractivity contribution >= 4 is 0 Å². The molecule has 20 heavy (non-hydrogen) atoms. The Kier molecular flexibility index (Phi) is 5.58. The van der Waals surface area contributed by atoms with Gasteiger partial charge >= 0.3 is 0 Å². The largest absolute Gasteiger partial charge is 0.387 e. The molecule has 0 radical (unpaired) electrons. The van der Waals surface area contributed by atoms with E-state index in [-0.39, 0.29) is 6.04 Å². The Morgan fingerprint density at radius 1 is 1.30 bits per heavy atom. The fourth-order valence-electron chi connectivity index (χ4n) is 3.34. The van der Waals surface area contributed by atoms with Crippen LogP contribution in [0.2, 0.25) is 0 Å². The van der Waals surface area contributed by atoms with Crippen LogP contribution in [0.15, 0.2) is 30.3 Å². The summed E-state index contributed by atoms with van der Waals surface area (Å²) < 4.78 is 5.27. The first kappa shape index (κ1) is 15.5. The average molecular weight is 277 g/mol. The molecule has 1 aliphatic rings. The minimum Gasteiger partial charge on any atom is -0.387 e. The first-order chi connectivity index (χ1) is 9.63. The van der Waals surface area contributed by atoms with Crippen LogP contribution in [0, 0.1) is 11.8 Å². The summed E-state index contributed by atoms with van der Waals surface area (Å²) in [5.41, 5.74) is 1.02. The molecule has 2 rings (SSSR count). The van der Waals surface area contributed by atoms with Crippen molar-refractivity contribution in [3.05, 3.63) is 35.9 Å². The van der Waals surface area contributed by atoms with Crippen molar-refractivity contribution in [2.24, 2.45) is 11.8 Å². The van der Waals surface area contributed by atoms with Gasteiger partial charge in [-0.3, -0.25) is 4.90 Å². The SMILES string of the molecule is COCC1CCN(C(C(C)C)C(O)c2ccccc2)C1. The number of likely N-dealkylation sites (tertiary alicyclic amines) is 1. The van der Waals surface area contributed by atoms with E-state index in [0.29, 0.717) is 11.8 Å². The van der Waals surface area contributed by atoms with Gasteiger partial charge in [-0.2, -0.15) is 0 Å². The van der Waals surface area contributed by atoms with Crippen LogP contribution in [-0.4, -0.2) is 42.9 Å². The molecule has 1 aromatic rings. The predicted octanol–water partition coefficient (Wildman–Crippen LogP) is 2.71. The molecule has 112 valence electrons. The third-order valence-corrected chi connectivity index (χ3v) is 4.29. The molecule has 0 saturated carbocycles. The zero-order valence-corrected chi connectivity index (χ0v) is 12.8. The fourth-order valence-corrected chi connectivity index (χ4v) is 3.34. The zero-order chi connectivity index (χ0) is 14.5. The normalized spacial score (nSPS) is 23.1. The Hall–Kier alpha value is -0.900. The van der Waals surface area contributed by atoms with E-state index in [9.17, 15) is 5.11 Å². The van der Waals surface area contributed by atoms with Gasteiger partial charge in [0.1, 0.15) is 0 Å². The Balaban J connectivity index is 2.08. The van der Waals surface area contributed by atoms with Crippen molar-refractivity contribution in [1.82, 2.24) is 4.90 Å². The van der Waals surface area contributed by atoms with Gasteiger partial charge in [0.25, 0.3) is 0 Å². The number of benzene rings is 1. The quantitative estimate of drug-likeness (QED) is 0.868. The van der Waals surface area contributed by atoms with Crippen molar-refractivity contribution in [2.75, 3.05) is 26.8 Å². The molecular weight excluding hydrogens is 250 g/mol. The van der Waals surface area contributed by atoms with Gasteiger partial charge in [-0.15, -0.1) is 0 Å². The van der Waals surface area contributed by atoms with Crippen LogP contribution in [-0.2, 0) is 4.74 Å². The molecule has 1 N–H and O–H groups in total. The third-order valence-electron chi connectivity index (χ3n) is 4.29. The fraction of sp³-hybridized carbons (Fsp3) is 0.647. The van der Waals surface area contributed by atoms with Crippen LogP contribution in [0.5, 0.6) is 0 Å². The molecule has 1 heterocycles. The monoisotopic (exact) mass is 277 g/mol. The van der Waals surface area contributed by atoms with Crippen LogP contribution in [0.4, 0.5) is 0 Å². The van der Waals surface area contributed by atoms with Crippen molar-refractivity contribution in [1.29, 1.82) is 0 Å². The van der Waals surface area contributed by atoms with Crippen LogP contribution in [0.25, 0.3) is 0 Å². The Morgan fingerprint density at radius 3 is 2.60 bits per heavy atom. The molecule has 3 nitrogen and oxygen atoms in total. The topological polar surface area (TPSA) is 32.7 Å². The lowest BCUT2D eigenvalue weighted by molar-refractivity contribution is 0.0307. The van der Waals surface area contributed by atoms with Crippen molar-refractivity contribution in [3.8, 4) is 0 Å². The predicted molar refractivity (Wildman–Crippen MR) is 81.6 cm³/mol. The molecule has 0 aliphatic carbocycles. The van der Waals surface area contributed by atoms with Crippen molar-refractivity contribution in [3.63, 3.8) is 0 Å². The molecule has 0 aromatic heterocycles. The minimum atomic E-state index is -0.419. The molecular formula is C17H27NO2. The lowest BCUT2D eigenvalue weighted by atomic mass is 9.92. The maximum atomic E-state index is 10.8. The number of ether oxygens (including phenoxy) is 1. The van der Waals surface area contributed by atoms with Crippen LogP contribution in [0.1, 0.15) is 31.9 Å². The highest BCUT2D eigenvalue weighted by Gasteiger charge is 2.34. The Morgan fingerprint density at radius 2 is 2.00 bits per heavy atom. The highest BCUT2D eigenvalue weighted by atomic mass is 16.5. The number of aliphatic hydroxyl groups is 1. The van der Waals surface area contributed by atoms with Crippen LogP contribution >= 0.6 is 0 Å². The Labute approximate surface area is 122 Å². The van der Waals surface area contributed by atoms with E-state index in [1.165, 1.54) is 6.42 Å². The molecule has 1 fully saturated rings. The summed E-state index contributed by atoms with van der Waals surface area (Å²) in [4.78, 5) is 2.44. The van der Waals surface area contributed by atoms with Crippen molar-refractivity contribution in [2.45, 2.75) is 32.4 Å². The van der Waals surface area contributed by atoms with E-state index in [0.717, 1.165) is 25.3 Å². The highest BCUT2D eigenvalue weighted by Crippen LogP contribution is 2.30. The van der Waals surface area contributed by atoms with Gasteiger partial charge in [-0.05, 0) is 30.4 Å². The van der Waals surface area contributed by atoms with Gasteiger partial charge in [0, 0.05) is 19.7 Å². The Bertz CT molecular complexity index is 393. The maximum Gasteiger partial charge on any atom is 0.0947 e. The van der Waals surface area contributed by atoms with Crippen LogP contribution in [0.3, 0.4) is 0 Å². The second kappa shape index (κ2) is 7.21. The summed E-state index contributed by atoms with van der Waals surface area (Å²) >= 11 is 0. The second-order valence-corrected chi connectivity index (χ2v) is 6.20. The van der Waals surface area contributed by atoms with E-state index < -0.39 is 6.10 Å². The van der Waals surface area contributed by atoms with Gasteiger partial charge in [0.2, 0.25) is 0 Å². The summed E-state index contributed by atoms with van der Waals surface area (Å²) in [7, 11) is 1.77. The summed E-state index contributed by atoms with van der Waals surface area (Å²) in [6.07, 6.45) is 0.746. The number of methoxy groups -OCH3 is 1. The lowest BCUT2D eigenvalue weighted by Crippen LogP contribution is -2.42. The standard InChI is InChI=1S/C17H27NO2/c1-13(2)16(17(19)15-7-5-4-6-8-15)18-10-9-14(11-18)12-20-3/h4-8,13-14,16-17,19H,9-12H2,1-3H3. The smallest absolute Gasteiger partial charge is 0.0947 e. The van der Waals surface area contributed by atoms with E-state index in [1.54, 1.807) is 7.11 Å². The summed E-state index contributed by atoms with van der Waals surface area (Å²) in [5, 5.41) is 10.8. The minimum absolute atomic E-state index is 0.180. The first-order valence-electron chi connectivity index (χ1n) is 7.59. The molecule has 3 unspecified atom stereocenters. The molecule has 0 spiro atoms. The third kappa shape index (κ3) is 3.60. The molecule has 1 aromatic carbocycles. The van der Waals surface area contributed by atoms with Crippen LogP contribution < -0.4 is 0 Å². The summed E-state index contributed by atoms with van der Waals surface area (Å²) in [5.74, 6) is 1.02. The molecule has 3 heteroatoms. The van der Waals surface area contributed by atoms with E-state index in [1.807, 2.05) is 30.3 Å². The van der Waals surface area contributed by atoms with Gasteiger partial charge in [0.15, 0.2) is 0 Å². The average Bonchev–Trinajstić information content (AvgIpc) is 2.88. The second-order valence-electron chi connectivity index (χ2n) is 6.20. The first-order valence-corrected chi connectivity index (χ1v) is 7.59. The molecule has 0 amide bonds. The lowest BCUT2D eigenvalue weighted by Gasteiger charge is -2.35. The molecule has 0 bridgehead atoms. The van der Waals surface area contributed by atoms with Crippen molar-refractivity contribution < 1.29 is 9.84 Å². The van der Waals surface area contributed by atoms with E-state index in [4.69, 9.17) is 4.74 Å². The number of hydrogen-bond acceptors (Lipinski definition) is 3. The zero-order valence-electron chi connectivity index (χ0n) is 12.8. The number of rotatable bonds is 6. The summed E-state index contributed by atoms with van der Waals surface area (Å²) in [6.45, 7) is 7.30. The van der Waals surface area contributed by atoms with Gasteiger partial charge < -0.3 is 9.84 Å². The molecule has 1 saturated heterocycles. The van der Waals surface area contributed by atoms with E-state index >= 15 is 0 Å². The highest BCUT2D eigenvalue weighted by molar-refractivity contribution is 5.19. The van der Waals surface area contributed by atoms with Gasteiger partial charge in [-0.25, -0.2) is 0 Å². The van der Waals surface area contributed by atoms with Gasteiger partial charge in [-0.1, -0.05) is 44.2 Å². The van der Waals surface area contributed by atoms with E-state index in [2.05, 4.69) is 18.7 Å². The summed E-state index contributed by atoms with van der Waals surface area (Å²) in [6, 6.07) is 10.2. The van der Waals surface area contributed by atoms with Gasteiger partial charge in [0.05, 0.1) is 12.7 Å². The molecule has 1 aliphatic heterocycles.